The minimum atomic E-state index is -1.94. The summed E-state index contributed by atoms with van der Waals surface area (Å²) in [5.74, 6) is -0.463. The topological polar surface area (TPSA) is 425 Å². The first-order chi connectivity index (χ1) is 39.7. The molecule has 27 nitrogen and oxygen atoms in total. The van der Waals surface area contributed by atoms with E-state index >= 15 is 0 Å². The summed E-state index contributed by atoms with van der Waals surface area (Å²) in [5, 5.41) is 172. The van der Waals surface area contributed by atoms with Crippen LogP contribution in [-0.4, -0.2) is 280 Å². The predicted molar refractivity (Wildman–Crippen MR) is 281 cm³/mol. The first-order valence-electron chi connectivity index (χ1n) is 30.3. The maximum absolute atomic E-state index is 12.4. The molecule has 36 atom stereocenters. The zero-order valence-electron chi connectivity index (χ0n) is 48.5. The molecule has 6 saturated heterocycles. The summed E-state index contributed by atoms with van der Waals surface area (Å²) in [4.78, 5) is 0. The lowest BCUT2D eigenvalue weighted by Crippen LogP contribution is -2.68. The van der Waals surface area contributed by atoms with E-state index in [-0.39, 0.29) is 41.3 Å². The minimum absolute atomic E-state index is 0.0945. The van der Waals surface area contributed by atoms with E-state index < -0.39 is 185 Å². The first kappa shape index (κ1) is 65.6. The lowest BCUT2D eigenvalue weighted by atomic mass is 9.47. The monoisotopic (exact) mass is 1210 g/mol. The number of aliphatic hydroxyl groups is 16. The maximum Gasteiger partial charge on any atom is 0.187 e. The van der Waals surface area contributed by atoms with Crippen LogP contribution in [0.3, 0.4) is 0 Å². The molecule has 27 heteroatoms. The second kappa shape index (κ2) is 25.7. The number of fused-ring (bicyclic) bond motifs is 7. The summed E-state index contributed by atoms with van der Waals surface area (Å²) >= 11 is 0. The first-order valence-corrected chi connectivity index (χ1v) is 30.3. The summed E-state index contributed by atoms with van der Waals surface area (Å²) < 4.78 is 66.9. The van der Waals surface area contributed by atoms with E-state index in [4.69, 9.17) is 52.1 Å². The predicted octanol–water partition coefficient (Wildman–Crippen LogP) is -4.16. The number of aliphatic hydroxyl groups excluding tert-OH is 15. The fourth-order valence-electron chi connectivity index (χ4n) is 16.4. The zero-order valence-corrected chi connectivity index (χ0v) is 48.5. The molecule has 0 amide bonds. The Bertz CT molecular complexity index is 2220. The van der Waals surface area contributed by atoms with Crippen molar-refractivity contribution in [3.63, 3.8) is 0 Å². The van der Waals surface area contributed by atoms with Gasteiger partial charge in [0, 0.05) is 12.3 Å². The Kier molecular flexibility index (Phi) is 20.1. The Labute approximate surface area is 487 Å². The van der Waals surface area contributed by atoms with Crippen molar-refractivity contribution in [3.05, 3.63) is 11.6 Å². The smallest absolute Gasteiger partial charge is 0.187 e. The summed E-state index contributed by atoms with van der Waals surface area (Å²) in [7, 11) is 0. The SMILES string of the molecule is CC(CCC1(O)OC2CC3C4CC=C5CC(OC6OC(CO)C(OC7OC(C)C(O)C(O)C7OC7OC(CO)C(O)C(O)C7O)C(OC7OC(C)C(O)C(O)C7O)C6O)CCC5(C)C4CCC3(C)C2C1C)COC1OC(CO)C(O)C(O)C1O. The molecule has 3 saturated carbocycles. The van der Waals surface area contributed by atoms with Crippen molar-refractivity contribution in [1.29, 1.82) is 0 Å². The van der Waals surface area contributed by atoms with Crippen molar-refractivity contribution in [2.24, 2.45) is 46.3 Å². The van der Waals surface area contributed by atoms with Crippen molar-refractivity contribution in [2.75, 3.05) is 26.4 Å². The van der Waals surface area contributed by atoms with Crippen molar-refractivity contribution in [1.82, 2.24) is 0 Å². The summed E-state index contributed by atoms with van der Waals surface area (Å²) in [6, 6.07) is 0. The molecule has 484 valence electrons. The fraction of sp³-hybridized carbons (Fsp3) is 0.965. The van der Waals surface area contributed by atoms with Gasteiger partial charge >= 0.3 is 0 Å². The van der Waals surface area contributed by atoms with Gasteiger partial charge in [0.2, 0.25) is 0 Å². The average Bonchev–Trinajstić information content (AvgIpc) is 1.50. The quantitative estimate of drug-likeness (QED) is 0.0615. The van der Waals surface area contributed by atoms with Crippen LogP contribution in [0.15, 0.2) is 11.6 Å². The van der Waals surface area contributed by atoms with Gasteiger partial charge in [-0.3, -0.25) is 0 Å². The Morgan fingerprint density at radius 3 is 1.74 bits per heavy atom. The summed E-state index contributed by atoms with van der Waals surface area (Å²) in [6.45, 7) is 9.53. The molecular formula is C57H94O27. The van der Waals surface area contributed by atoms with Gasteiger partial charge in [0.25, 0.3) is 0 Å². The molecule has 0 aromatic rings. The second-order valence-electron chi connectivity index (χ2n) is 26.6. The van der Waals surface area contributed by atoms with Crippen LogP contribution < -0.4 is 0 Å². The fourth-order valence-corrected chi connectivity index (χ4v) is 16.4. The van der Waals surface area contributed by atoms with Crippen LogP contribution in [0.5, 0.6) is 0 Å². The van der Waals surface area contributed by atoms with Crippen molar-refractivity contribution in [3.8, 4) is 0 Å². The van der Waals surface area contributed by atoms with E-state index in [1.807, 2.05) is 6.92 Å². The second-order valence-corrected chi connectivity index (χ2v) is 26.6. The number of hydrogen-bond acceptors (Lipinski definition) is 27. The van der Waals surface area contributed by atoms with Crippen LogP contribution >= 0.6 is 0 Å². The molecule has 16 N–H and O–H groups in total. The molecular weight excluding hydrogens is 1120 g/mol. The van der Waals surface area contributed by atoms with Gasteiger partial charge in [0.05, 0.1) is 50.8 Å². The van der Waals surface area contributed by atoms with E-state index in [0.29, 0.717) is 43.4 Å². The Hall–Kier alpha value is -1.34. The largest absolute Gasteiger partial charge is 0.394 e. The van der Waals surface area contributed by atoms with Crippen LogP contribution in [0, 0.1) is 46.3 Å². The summed E-state index contributed by atoms with van der Waals surface area (Å²) in [5.41, 5.74) is 0.939. The van der Waals surface area contributed by atoms with Gasteiger partial charge in [-0.1, -0.05) is 39.3 Å². The van der Waals surface area contributed by atoms with E-state index in [9.17, 15) is 81.7 Å². The number of ether oxygens (including phenoxy) is 11. The lowest BCUT2D eigenvalue weighted by Gasteiger charge is -2.58. The highest BCUT2D eigenvalue weighted by atomic mass is 16.8. The van der Waals surface area contributed by atoms with E-state index in [1.165, 1.54) is 19.4 Å². The molecule has 36 unspecified atom stereocenters. The lowest BCUT2D eigenvalue weighted by molar-refractivity contribution is -0.401. The van der Waals surface area contributed by atoms with Crippen LogP contribution in [0.25, 0.3) is 0 Å². The van der Waals surface area contributed by atoms with Crippen LogP contribution in [0.4, 0.5) is 0 Å². The van der Waals surface area contributed by atoms with Gasteiger partial charge in [-0.05, 0) is 106 Å². The molecule has 0 radical (unpaired) electrons. The van der Waals surface area contributed by atoms with Gasteiger partial charge in [-0.2, -0.15) is 0 Å². The number of rotatable bonds is 17. The number of hydrogen-bond donors (Lipinski definition) is 16. The third kappa shape index (κ3) is 11.9. The van der Waals surface area contributed by atoms with Gasteiger partial charge in [-0.25, -0.2) is 0 Å². The Morgan fingerprint density at radius 2 is 1.10 bits per heavy atom. The van der Waals surface area contributed by atoms with Crippen LogP contribution in [0.1, 0.15) is 99.3 Å². The molecule has 6 aliphatic heterocycles. The van der Waals surface area contributed by atoms with E-state index in [1.54, 1.807) is 0 Å². The Morgan fingerprint density at radius 1 is 0.560 bits per heavy atom. The van der Waals surface area contributed by atoms with Crippen LogP contribution in [0.2, 0.25) is 0 Å². The molecule has 0 spiro atoms. The number of allylic oxidation sites excluding steroid dienone is 1. The molecule has 9 fully saturated rings. The molecule has 6 heterocycles. The molecule has 10 rings (SSSR count). The third-order valence-corrected chi connectivity index (χ3v) is 21.6. The van der Waals surface area contributed by atoms with Gasteiger partial charge < -0.3 is 134 Å². The van der Waals surface area contributed by atoms with Gasteiger partial charge in [-0.15, -0.1) is 0 Å². The minimum Gasteiger partial charge on any atom is -0.394 e. The maximum atomic E-state index is 12.4. The van der Waals surface area contributed by atoms with Crippen molar-refractivity contribution >= 4 is 0 Å². The molecule has 84 heavy (non-hydrogen) atoms. The highest BCUT2D eigenvalue weighted by molar-refractivity contribution is 5.26. The van der Waals surface area contributed by atoms with Crippen molar-refractivity contribution in [2.45, 2.75) is 271 Å². The van der Waals surface area contributed by atoms with Gasteiger partial charge in [0.1, 0.15) is 110 Å². The van der Waals surface area contributed by atoms with E-state index in [2.05, 4.69) is 26.8 Å². The highest BCUT2D eigenvalue weighted by Gasteiger charge is 2.68. The van der Waals surface area contributed by atoms with E-state index in [0.717, 1.165) is 32.1 Å². The average molecular weight is 1210 g/mol. The normalized spacial score (nSPS) is 55.3. The molecule has 10 aliphatic rings. The van der Waals surface area contributed by atoms with Crippen molar-refractivity contribution < 1.29 is 134 Å². The van der Waals surface area contributed by atoms with Gasteiger partial charge in [0.15, 0.2) is 37.2 Å². The van der Waals surface area contributed by atoms with Crippen LogP contribution in [-0.2, 0) is 52.1 Å². The molecule has 4 aliphatic carbocycles. The molecule has 0 aromatic heterocycles. The third-order valence-electron chi connectivity index (χ3n) is 21.6. The highest BCUT2D eigenvalue weighted by Crippen LogP contribution is 2.70. The summed E-state index contributed by atoms with van der Waals surface area (Å²) in [6.07, 6.45) is -31.9. The molecule has 0 aromatic carbocycles. The molecule has 0 bridgehead atoms. The Balaban J connectivity index is 0.805. The zero-order chi connectivity index (χ0) is 60.8. The standard InChI is InChI=1S/C57H94O27/c1-21(20-74-50-43(69)40(66)37(63)31(17-58)78-50)9-14-57(73)22(2)34-30(84-57)16-29-27-8-7-25-15-26(10-12-55(25,5)28(27)11-13-56(29,34)6)77-53-46(72)48(82-51-44(70)39(65)35(61)23(3)75-51)47(33(19-60)80-53)81-54-49(42(68)36(62)24(4)76-54)83-52-45(71)41(67)38(64)32(18-59)79-52/h7,21-24,26-54,58-73H,8-20H2,1-6H3.